The molecule has 0 radical (unpaired) electrons. The van der Waals surface area contributed by atoms with Crippen LogP contribution in [-0.2, 0) is 11.4 Å². The molecule has 2 heterocycles. The zero-order chi connectivity index (χ0) is 23.1. The van der Waals surface area contributed by atoms with Crippen molar-refractivity contribution in [3.8, 4) is 5.75 Å². The van der Waals surface area contributed by atoms with Gasteiger partial charge in [-0.3, -0.25) is 4.79 Å². The van der Waals surface area contributed by atoms with E-state index in [1.165, 1.54) is 12.1 Å². The van der Waals surface area contributed by atoms with E-state index in [4.69, 9.17) is 24.4 Å². The van der Waals surface area contributed by atoms with Crippen molar-refractivity contribution >= 4 is 35.0 Å². The molecular weight excluding hydrogens is 424 g/mol. The van der Waals surface area contributed by atoms with E-state index in [0.29, 0.717) is 17.2 Å². The summed E-state index contributed by atoms with van der Waals surface area (Å²) in [5, 5.41) is 21.0. The molecular formula is C19H18N6O7. The number of amides is 2. The summed E-state index contributed by atoms with van der Waals surface area (Å²) >= 11 is 0. The quantitative estimate of drug-likeness (QED) is 0.379. The van der Waals surface area contributed by atoms with E-state index in [9.17, 15) is 14.4 Å². The highest BCUT2D eigenvalue weighted by molar-refractivity contribution is 5.93. The molecule has 3 aromatic rings. The fourth-order valence-electron chi connectivity index (χ4n) is 2.38. The van der Waals surface area contributed by atoms with Crippen LogP contribution in [0.4, 0.5) is 27.8 Å². The number of nitrogens with zero attached hydrogens (tertiary/aromatic N) is 3. The fourth-order valence-corrected chi connectivity index (χ4v) is 2.38. The summed E-state index contributed by atoms with van der Waals surface area (Å²) in [4.78, 5) is 37.2. The van der Waals surface area contributed by atoms with Gasteiger partial charge in [-0.25, -0.2) is 14.6 Å². The summed E-state index contributed by atoms with van der Waals surface area (Å²) < 4.78 is 15.3. The summed E-state index contributed by atoms with van der Waals surface area (Å²) in [6, 6.07) is 9.71. The molecule has 13 heteroatoms. The zero-order valence-corrected chi connectivity index (χ0v) is 16.7. The first-order chi connectivity index (χ1) is 15.3. The molecule has 0 aliphatic heterocycles. The van der Waals surface area contributed by atoms with E-state index in [1.54, 1.807) is 31.2 Å². The first-order valence-electron chi connectivity index (χ1n) is 9.08. The van der Waals surface area contributed by atoms with Gasteiger partial charge < -0.3 is 35.0 Å². The molecule has 0 fully saturated rings. The van der Waals surface area contributed by atoms with E-state index in [1.807, 2.05) is 5.32 Å². The van der Waals surface area contributed by atoms with Gasteiger partial charge in [0.2, 0.25) is 5.91 Å². The number of azo groups is 1. The van der Waals surface area contributed by atoms with Gasteiger partial charge >= 0.3 is 11.9 Å². The number of carboxylic acid groups (broad SMARTS) is 1. The van der Waals surface area contributed by atoms with Crippen molar-refractivity contribution in [1.29, 1.82) is 0 Å². The number of carbonyl (C=O) groups is 2. The Bertz CT molecular complexity index is 1220. The van der Waals surface area contributed by atoms with Gasteiger partial charge in [0.05, 0.1) is 0 Å². The number of aromatic nitrogens is 1. The van der Waals surface area contributed by atoms with Crippen LogP contribution >= 0.6 is 0 Å². The molecule has 2 amide bonds. The Morgan fingerprint density at radius 2 is 1.91 bits per heavy atom. The van der Waals surface area contributed by atoms with Gasteiger partial charge in [0.1, 0.15) is 36.1 Å². The van der Waals surface area contributed by atoms with Crippen molar-refractivity contribution in [2.75, 3.05) is 17.6 Å². The minimum Gasteiger partial charge on any atom is -0.483 e. The Kier molecular flexibility index (Phi) is 6.80. The number of ether oxygens (including phenoxy) is 1. The predicted molar refractivity (Wildman–Crippen MR) is 110 cm³/mol. The average Bonchev–Trinajstić information content (AvgIpc) is 3.07. The largest absolute Gasteiger partial charge is 0.519 e. The van der Waals surface area contributed by atoms with Crippen LogP contribution in [0.5, 0.6) is 5.75 Å². The number of aryl methyl sites for hydroxylation is 1. The molecule has 0 saturated carbocycles. The van der Waals surface area contributed by atoms with Crippen LogP contribution in [0.3, 0.4) is 0 Å². The number of rotatable bonds is 8. The highest BCUT2D eigenvalue weighted by atomic mass is 16.6. The lowest BCUT2D eigenvalue weighted by Crippen LogP contribution is -2.31. The molecule has 0 unspecified atom stereocenters. The van der Waals surface area contributed by atoms with E-state index in [0.717, 1.165) is 0 Å². The second-order valence-corrected chi connectivity index (χ2v) is 6.20. The normalized spacial score (nSPS) is 10.8. The Morgan fingerprint density at radius 1 is 1.16 bits per heavy atom. The number of anilines is 2. The molecule has 32 heavy (non-hydrogen) atoms. The summed E-state index contributed by atoms with van der Waals surface area (Å²) in [5.74, 6) is -0.351. The van der Waals surface area contributed by atoms with Gasteiger partial charge in [-0.05, 0) is 31.2 Å². The number of hydrogen-bond acceptors (Lipinski definition) is 10. The molecule has 0 bridgehead atoms. The molecule has 3 rings (SSSR count). The molecule has 0 atom stereocenters. The third-order valence-electron chi connectivity index (χ3n) is 3.90. The van der Waals surface area contributed by atoms with Gasteiger partial charge in [-0.1, -0.05) is 12.1 Å². The Morgan fingerprint density at radius 3 is 2.59 bits per heavy atom. The number of nitrogens with two attached hydrogens (primary N) is 1. The number of carbonyl (C=O) groups excluding carboxylic acids is 1. The third kappa shape index (κ3) is 5.91. The minimum atomic E-state index is -1.32. The van der Waals surface area contributed by atoms with Gasteiger partial charge in [0, 0.05) is 0 Å². The fraction of sp³-hybridized carbons (Fsp3) is 0.158. The van der Waals surface area contributed by atoms with Gasteiger partial charge in [0.25, 0.3) is 0 Å². The molecule has 0 aliphatic rings. The minimum absolute atomic E-state index is 0.00746. The average molecular weight is 442 g/mol. The van der Waals surface area contributed by atoms with E-state index in [-0.39, 0.29) is 29.7 Å². The smallest absolute Gasteiger partial charge is 0.483 e. The first-order valence-corrected chi connectivity index (χ1v) is 9.08. The van der Waals surface area contributed by atoms with Crippen molar-refractivity contribution in [2.24, 2.45) is 10.2 Å². The number of para-hydroxylation sites is 1. The topological polar surface area (TPSA) is 195 Å². The zero-order valence-electron chi connectivity index (χ0n) is 16.7. The van der Waals surface area contributed by atoms with Gasteiger partial charge in [-0.2, -0.15) is 0 Å². The molecule has 13 nitrogen and oxygen atoms in total. The van der Waals surface area contributed by atoms with Crippen LogP contribution in [-0.4, -0.2) is 28.6 Å². The molecule has 0 saturated heterocycles. The molecule has 2 aromatic heterocycles. The van der Waals surface area contributed by atoms with Crippen LogP contribution in [0.1, 0.15) is 11.5 Å². The number of benzene rings is 1. The summed E-state index contributed by atoms with van der Waals surface area (Å²) in [7, 11) is 0. The second kappa shape index (κ2) is 9.88. The lowest BCUT2D eigenvalue weighted by atomic mass is 10.3. The monoisotopic (exact) mass is 442 g/mol. The molecule has 1 aromatic carbocycles. The Balaban J connectivity index is 1.68. The van der Waals surface area contributed by atoms with Crippen molar-refractivity contribution in [1.82, 2.24) is 10.3 Å². The van der Waals surface area contributed by atoms with E-state index >= 15 is 0 Å². The maximum atomic E-state index is 11.6. The SMILES string of the molecule is Cc1oc(=O)oc1COc1ccccc1/N=N/c1ccc(NC(=O)CNC(=O)O)nc1N. The van der Waals surface area contributed by atoms with Crippen LogP contribution < -0.4 is 26.9 Å². The van der Waals surface area contributed by atoms with E-state index in [2.05, 4.69) is 20.5 Å². The number of nitrogens with one attached hydrogen (secondary N) is 2. The lowest BCUT2D eigenvalue weighted by Gasteiger charge is -2.07. The Labute approximate surface area is 179 Å². The van der Waals surface area contributed by atoms with Crippen molar-refractivity contribution in [3.05, 3.63) is 58.5 Å². The highest BCUT2D eigenvalue weighted by Crippen LogP contribution is 2.31. The summed E-state index contributed by atoms with van der Waals surface area (Å²) in [6.07, 6.45) is -1.32. The third-order valence-corrected chi connectivity index (χ3v) is 3.90. The number of hydrogen-bond donors (Lipinski definition) is 4. The second-order valence-electron chi connectivity index (χ2n) is 6.20. The van der Waals surface area contributed by atoms with Crippen LogP contribution in [0, 0.1) is 6.92 Å². The van der Waals surface area contributed by atoms with Gasteiger partial charge in [-0.15, -0.1) is 10.2 Å². The molecule has 5 N–H and O–H groups in total. The number of pyridine rings is 1. The standard InChI is InChI=1S/C19H18N6O7/c1-10-14(32-19(29)31-10)9-30-13-5-3-2-4-11(13)24-25-12-6-7-15(23-17(12)20)22-16(26)8-21-18(27)28/h2-7,21H,8-9H2,1H3,(H,27,28)(H3,20,22,23,26)/b25-24+. The predicted octanol–water partition coefficient (Wildman–Crippen LogP) is 2.72. The lowest BCUT2D eigenvalue weighted by molar-refractivity contribution is -0.115. The first kappa shape index (κ1) is 22.0. The van der Waals surface area contributed by atoms with Crippen molar-refractivity contribution in [2.45, 2.75) is 13.5 Å². The summed E-state index contributed by atoms with van der Waals surface area (Å²) in [6.45, 7) is 1.11. The van der Waals surface area contributed by atoms with Crippen molar-refractivity contribution in [3.63, 3.8) is 0 Å². The van der Waals surface area contributed by atoms with E-state index < -0.39 is 24.4 Å². The molecule has 166 valence electrons. The van der Waals surface area contributed by atoms with Crippen LogP contribution in [0.15, 0.2) is 60.3 Å². The highest BCUT2D eigenvalue weighted by Gasteiger charge is 2.11. The molecule has 0 aliphatic carbocycles. The maximum Gasteiger partial charge on any atom is 0.519 e. The van der Waals surface area contributed by atoms with Gasteiger partial charge in [0.15, 0.2) is 17.3 Å². The molecule has 0 spiro atoms. The Hall–Kier alpha value is -4.68. The van der Waals surface area contributed by atoms with Crippen LogP contribution in [0.2, 0.25) is 0 Å². The van der Waals surface area contributed by atoms with Crippen LogP contribution in [0.25, 0.3) is 0 Å². The van der Waals surface area contributed by atoms with Crippen molar-refractivity contribution < 1.29 is 28.3 Å². The summed E-state index contributed by atoms with van der Waals surface area (Å²) in [5.41, 5.74) is 6.48. The maximum absolute atomic E-state index is 11.6. The number of nitrogen functional groups attached to an aromatic ring is 1.